The molecular formula is C17H24N2O2. The largest absolute Gasteiger partial charge is 0.374 e. The molecule has 0 unspecified atom stereocenters. The van der Waals surface area contributed by atoms with E-state index in [1.807, 2.05) is 19.1 Å². The minimum absolute atomic E-state index is 0.151. The third-order valence-electron chi connectivity index (χ3n) is 4.32. The fourth-order valence-corrected chi connectivity index (χ4v) is 3.42. The van der Waals surface area contributed by atoms with E-state index in [1.54, 1.807) is 0 Å². The van der Waals surface area contributed by atoms with E-state index in [0.717, 1.165) is 37.5 Å². The first-order valence-corrected chi connectivity index (χ1v) is 7.78. The number of aromatic nitrogens is 1. The van der Waals surface area contributed by atoms with Crippen molar-refractivity contribution < 1.29 is 9.47 Å². The minimum atomic E-state index is 0.151. The Labute approximate surface area is 126 Å². The van der Waals surface area contributed by atoms with Crippen molar-refractivity contribution in [2.75, 3.05) is 19.8 Å². The number of likely N-dealkylation sites (tertiary alicyclic amines) is 1. The zero-order valence-corrected chi connectivity index (χ0v) is 12.7. The summed E-state index contributed by atoms with van der Waals surface area (Å²) in [5.41, 5.74) is 2.20. The van der Waals surface area contributed by atoms with E-state index in [4.69, 9.17) is 9.47 Å². The molecule has 0 N–H and O–H groups in total. The van der Waals surface area contributed by atoms with E-state index in [1.165, 1.54) is 6.42 Å². The molecule has 3 heterocycles. The van der Waals surface area contributed by atoms with Gasteiger partial charge in [0.05, 0.1) is 18.4 Å². The van der Waals surface area contributed by atoms with E-state index < -0.39 is 0 Å². The van der Waals surface area contributed by atoms with Crippen LogP contribution in [0.5, 0.6) is 0 Å². The molecule has 4 heteroatoms. The quantitative estimate of drug-likeness (QED) is 0.779. The fraction of sp³-hybridized carbons (Fsp3) is 0.588. The van der Waals surface area contributed by atoms with Crippen molar-refractivity contribution in [3.63, 3.8) is 0 Å². The highest BCUT2D eigenvalue weighted by atomic mass is 16.5. The first-order chi connectivity index (χ1) is 10.3. The van der Waals surface area contributed by atoms with Gasteiger partial charge < -0.3 is 9.47 Å². The number of pyridine rings is 1. The van der Waals surface area contributed by atoms with Gasteiger partial charge in [-0.15, -0.1) is 6.58 Å². The number of nitrogens with zero attached hydrogens (tertiary/aromatic N) is 2. The van der Waals surface area contributed by atoms with Crippen LogP contribution in [0.2, 0.25) is 0 Å². The van der Waals surface area contributed by atoms with Crippen LogP contribution in [-0.2, 0) is 16.0 Å². The Balaban J connectivity index is 1.70. The molecule has 2 aliphatic heterocycles. The average Bonchev–Trinajstić information content (AvgIpc) is 2.84. The van der Waals surface area contributed by atoms with Crippen LogP contribution < -0.4 is 0 Å². The van der Waals surface area contributed by atoms with Crippen LogP contribution in [-0.4, -0.2) is 47.9 Å². The van der Waals surface area contributed by atoms with Crippen LogP contribution in [0, 0.1) is 6.92 Å². The van der Waals surface area contributed by atoms with Crippen molar-refractivity contribution in [2.45, 2.75) is 44.6 Å². The molecule has 0 aliphatic carbocycles. The maximum absolute atomic E-state index is 5.98. The molecule has 0 spiro atoms. The molecule has 2 saturated heterocycles. The summed E-state index contributed by atoms with van der Waals surface area (Å²) >= 11 is 0. The number of aryl methyl sites for hydroxylation is 1. The Kier molecular flexibility index (Phi) is 4.68. The normalized spacial score (nSPS) is 29.3. The van der Waals surface area contributed by atoms with Crippen molar-refractivity contribution in [1.82, 2.24) is 9.88 Å². The van der Waals surface area contributed by atoms with Crippen LogP contribution in [0.25, 0.3) is 0 Å². The Bertz CT molecular complexity index is 491. The van der Waals surface area contributed by atoms with E-state index in [9.17, 15) is 0 Å². The van der Waals surface area contributed by atoms with Gasteiger partial charge in [0, 0.05) is 31.4 Å². The lowest BCUT2D eigenvalue weighted by atomic mass is 10.0. The van der Waals surface area contributed by atoms with Crippen LogP contribution in [0.4, 0.5) is 0 Å². The first kappa shape index (κ1) is 14.7. The van der Waals surface area contributed by atoms with Gasteiger partial charge in [0.25, 0.3) is 0 Å². The average molecular weight is 288 g/mol. The molecule has 2 aliphatic rings. The van der Waals surface area contributed by atoms with E-state index in [-0.39, 0.29) is 12.2 Å². The van der Waals surface area contributed by atoms with Gasteiger partial charge in [-0.05, 0) is 31.9 Å². The lowest BCUT2D eigenvalue weighted by Crippen LogP contribution is -2.41. The second-order valence-electron chi connectivity index (χ2n) is 5.91. The highest BCUT2D eigenvalue weighted by molar-refractivity contribution is 5.11. The third-order valence-corrected chi connectivity index (χ3v) is 4.32. The molecule has 1 aromatic heterocycles. The molecule has 21 heavy (non-hydrogen) atoms. The van der Waals surface area contributed by atoms with E-state index >= 15 is 0 Å². The minimum Gasteiger partial charge on any atom is -0.374 e. The molecule has 3 rings (SSSR count). The van der Waals surface area contributed by atoms with Gasteiger partial charge in [-0.2, -0.15) is 0 Å². The van der Waals surface area contributed by atoms with Crippen molar-refractivity contribution in [3.05, 3.63) is 42.2 Å². The summed E-state index contributed by atoms with van der Waals surface area (Å²) in [4.78, 5) is 7.09. The second-order valence-corrected chi connectivity index (χ2v) is 5.91. The fourth-order valence-electron chi connectivity index (χ4n) is 3.42. The van der Waals surface area contributed by atoms with E-state index in [0.29, 0.717) is 12.6 Å². The first-order valence-electron chi connectivity index (χ1n) is 7.78. The topological polar surface area (TPSA) is 34.6 Å². The van der Waals surface area contributed by atoms with E-state index in [2.05, 4.69) is 28.6 Å². The summed E-state index contributed by atoms with van der Waals surface area (Å²) in [7, 11) is 0. The Morgan fingerprint density at radius 2 is 2.43 bits per heavy atom. The number of rotatable bonds is 5. The molecule has 0 amide bonds. The standard InChI is InChI=1S/C17H24N2O2/c1-3-9-20-16-12-19(15-8-5-10-21-17(15)16)11-14-7-4-6-13(2)18-14/h3-4,6-7,15-17H,1,5,8-12H2,2H3/t15-,16+,17+/m0/s1. The SMILES string of the molecule is C=CCO[C@@H]1CN(Cc2cccc(C)n2)[C@H]2CCCO[C@@H]12. The Hall–Kier alpha value is -1.23. The monoisotopic (exact) mass is 288 g/mol. The van der Waals surface area contributed by atoms with Gasteiger partial charge >= 0.3 is 0 Å². The lowest BCUT2D eigenvalue weighted by Gasteiger charge is -2.32. The molecule has 114 valence electrons. The third kappa shape index (κ3) is 3.34. The molecule has 0 saturated carbocycles. The highest BCUT2D eigenvalue weighted by Crippen LogP contribution is 2.31. The predicted molar refractivity (Wildman–Crippen MR) is 82.1 cm³/mol. The number of hydrogen-bond donors (Lipinski definition) is 0. The summed E-state index contributed by atoms with van der Waals surface area (Å²) in [6.45, 7) is 9.00. The molecular weight excluding hydrogens is 264 g/mol. The predicted octanol–water partition coefficient (Wildman–Crippen LogP) is 2.32. The van der Waals surface area contributed by atoms with Crippen LogP contribution in [0.3, 0.4) is 0 Å². The van der Waals surface area contributed by atoms with Gasteiger partial charge in [-0.25, -0.2) is 0 Å². The summed E-state index contributed by atoms with van der Waals surface area (Å²) < 4.78 is 11.9. The highest BCUT2D eigenvalue weighted by Gasteiger charge is 2.44. The summed E-state index contributed by atoms with van der Waals surface area (Å²) in [6, 6.07) is 6.67. The van der Waals surface area contributed by atoms with Gasteiger partial charge in [-0.1, -0.05) is 12.1 Å². The molecule has 4 nitrogen and oxygen atoms in total. The van der Waals surface area contributed by atoms with Crippen LogP contribution in [0.15, 0.2) is 30.9 Å². The zero-order chi connectivity index (χ0) is 14.7. The summed E-state index contributed by atoms with van der Waals surface area (Å²) in [5.74, 6) is 0. The number of hydrogen-bond acceptors (Lipinski definition) is 4. The van der Waals surface area contributed by atoms with Crippen LogP contribution in [0.1, 0.15) is 24.2 Å². The van der Waals surface area contributed by atoms with Crippen molar-refractivity contribution in [1.29, 1.82) is 0 Å². The maximum atomic E-state index is 5.98. The zero-order valence-electron chi connectivity index (χ0n) is 12.7. The summed E-state index contributed by atoms with van der Waals surface area (Å²) in [6.07, 6.45) is 4.47. The van der Waals surface area contributed by atoms with Gasteiger partial charge in [0.15, 0.2) is 0 Å². The molecule has 1 aromatic rings. The Morgan fingerprint density at radius 3 is 3.24 bits per heavy atom. The van der Waals surface area contributed by atoms with Crippen molar-refractivity contribution in [2.24, 2.45) is 0 Å². The molecule has 0 aromatic carbocycles. The molecule has 0 bridgehead atoms. The number of fused-ring (bicyclic) bond motifs is 1. The summed E-state index contributed by atoms with van der Waals surface area (Å²) in [5, 5.41) is 0. The number of ether oxygens (including phenoxy) is 2. The van der Waals surface area contributed by atoms with Crippen molar-refractivity contribution >= 4 is 0 Å². The van der Waals surface area contributed by atoms with Crippen molar-refractivity contribution in [3.8, 4) is 0 Å². The van der Waals surface area contributed by atoms with Crippen LogP contribution >= 0.6 is 0 Å². The maximum Gasteiger partial charge on any atom is 0.100 e. The molecule has 2 fully saturated rings. The molecule has 0 radical (unpaired) electrons. The smallest absolute Gasteiger partial charge is 0.100 e. The van der Waals surface area contributed by atoms with Gasteiger partial charge in [0.1, 0.15) is 6.10 Å². The lowest BCUT2D eigenvalue weighted by molar-refractivity contribution is -0.0721. The Morgan fingerprint density at radius 1 is 1.52 bits per heavy atom. The second kappa shape index (κ2) is 6.69. The van der Waals surface area contributed by atoms with Gasteiger partial charge in [0.2, 0.25) is 0 Å². The molecule has 3 atom stereocenters. The van der Waals surface area contributed by atoms with Gasteiger partial charge in [-0.3, -0.25) is 9.88 Å².